The van der Waals surface area contributed by atoms with E-state index in [1.165, 1.54) is 39.0 Å². The molecule has 0 aliphatic heterocycles. The van der Waals surface area contributed by atoms with Crippen LogP contribution in [0.1, 0.15) is 88.5 Å². The summed E-state index contributed by atoms with van der Waals surface area (Å²) in [7, 11) is 0. The van der Waals surface area contributed by atoms with Crippen LogP contribution in [0.5, 0.6) is 0 Å². The maximum Gasteiger partial charge on any atom is 0.0729 e. The minimum atomic E-state index is -0.331. The fraction of sp³-hybridized carbons (Fsp3) is 0.450. The Labute approximate surface area is 257 Å². The van der Waals surface area contributed by atoms with E-state index in [1.54, 1.807) is 0 Å². The Hall–Kier alpha value is -2.94. The fourth-order valence-corrected chi connectivity index (χ4v) is 6.14. The van der Waals surface area contributed by atoms with Crippen LogP contribution in [0, 0.1) is 16.7 Å². The number of hydrogen-bond donors (Lipinski definition) is 2. The van der Waals surface area contributed by atoms with Crippen molar-refractivity contribution in [1.29, 1.82) is 0 Å². The van der Waals surface area contributed by atoms with E-state index in [0.717, 1.165) is 19.3 Å². The molecule has 0 saturated heterocycles. The average Bonchev–Trinajstić information content (AvgIpc) is 2.84. The second kappa shape index (κ2) is 16.1. The summed E-state index contributed by atoms with van der Waals surface area (Å²) in [5.74, 6) is 0.348. The molecule has 2 aliphatic carbocycles. The average molecular weight is 569 g/mol. The molecule has 3 atom stereocenters. The molecule has 0 saturated carbocycles. The molecule has 2 nitrogen and oxygen atoms in total. The van der Waals surface area contributed by atoms with E-state index in [4.69, 9.17) is 0 Å². The molecule has 0 aromatic rings. The first-order valence-electron chi connectivity index (χ1n) is 15.4. The van der Waals surface area contributed by atoms with Gasteiger partial charge in [-0.2, -0.15) is 0 Å². The van der Waals surface area contributed by atoms with Crippen molar-refractivity contribution in [3.63, 3.8) is 0 Å². The number of aliphatic hydroxyl groups excluding tert-OH is 2. The van der Waals surface area contributed by atoms with Crippen LogP contribution >= 0.6 is 0 Å². The molecule has 2 aliphatic rings. The molecule has 2 heteroatoms. The standard InChI is InChI=1S/C40H56O2/c1-29(17-13-19-31(3)21-23-37-33(5)25-35(41)27-39(37,7)8)15-11-12-16-30(2)18-14-20-32(4)22-24-38-34(6)26-36(42)28-40(38,9)10/h11-25,35-37,41-42H,26-28H2,1-10H3/b12-11+,17-13?,18-14+,23-21?,24-22+,29-15?,30-16+,31-19?,32-20+/t35-,36+,37-/m0/s1. The highest BCUT2D eigenvalue weighted by Gasteiger charge is 2.34. The Balaban J connectivity index is 1.90. The molecule has 0 radical (unpaired) electrons. The van der Waals surface area contributed by atoms with Crippen molar-refractivity contribution >= 4 is 0 Å². The van der Waals surface area contributed by atoms with Crippen molar-refractivity contribution in [2.75, 3.05) is 0 Å². The van der Waals surface area contributed by atoms with Gasteiger partial charge in [0.15, 0.2) is 0 Å². The number of allylic oxidation sites excluding steroid dienone is 20. The molecular formula is C40H56O2. The first kappa shape index (κ1) is 35.3. The van der Waals surface area contributed by atoms with Crippen LogP contribution in [0.15, 0.2) is 130 Å². The largest absolute Gasteiger partial charge is 0.393 e. The maximum absolute atomic E-state index is 10.1. The predicted molar refractivity (Wildman–Crippen MR) is 184 cm³/mol. The zero-order valence-corrected chi connectivity index (χ0v) is 27.9. The van der Waals surface area contributed by atoms with Crippen molar-refractivity contribution in [3.05, 3.63) is 130 Å². The van der Waals surface area contributed by atoms with Gasteiger partial charge < -0.3 is 10.2 Å². The van der Waals surface area contributed by atoms with Crippen molar-refractivity contribution in [2.24, 2.45) is 16.7 Å². The molecule has 0 heterocycles. The maximum atomic E-state index is 10.1. The van der Waals surface area contributed by atoms with E-state index in [0.29, 0.717) is 5.92 Å². The molecule has 0 spiro atoms. The molecule has 0 aromatic heterocycles. The third-order valence-electron chi connectivity index (χ3n) is 8.33. The molecule has 2 N–H and O–H groups in total. The molecule has 0 amide bonds. The number of aliphatic hydroxyl groups is 2. The molecular weight excluding hydrogens is 512 g/mol. The summed E-state index contributed by atoms with van der Waals surface area (Å²) in [5.41, 5.74) is 8.73. The lowest BCUT2D eigenvalue weighted by atomic mass is 9.67. The summed E-state index contributed by atoms with van der Waals surface area (Å²) in [4.78, 5) is 0. The summed E-state index contributed by atoms with van der Waals surface area (Å²) in [5, 5.41) is 20.2. The number of rotatable bonds is 10. The van der Waals surface area contributed by atoms with Crippen LogP contribution in [0.3, 0.4) is 0 Å². The van der Waals surface area contributed by atoms with Crippen LogP contribution in [0.2, 0.25) is 0 Å². The SMILES string of the molecule is CC(C=C[C@H]1C(C)=C[C@H](O)CC1(C)C)=CC=CC(C)=C/C=C/C=C(C)/C=C/C=C(C)/C=C/C1=C(C)C[C@@H](O)CC1(C)C. The first-order valence-corrected chi connectivity index (χ1v) is 15.4. The highest BCUT2D eigenvalue weighted by Crippen LogP contribution is 2.42. The van der Waals surface area contributed by atoms with Gasteiger partial charge in [-0.05, 0) is 77.2 Å². The first-order chi connectivity index (χ1) is 19.6. The van der Waals surface area contributed by atoms with Crippen molar-refractivity contribution < 1.29 is 10.2 Å². The molecule has 2 rings (SSSR count). The highest BCUT2D eigenvalue weighted by atomic mass is 16.3. The van der Waals surface area contributed by atoms with Gasteiger partial charge in [0.1, 0.15) is 0 Å². The molecule has 0 bridgehead atoms. The third kappa shape index (κ3) is 11.7. The van der Waals surface area contributed by atoms with Crippen LogP contribution in [0.25, 0.3) is 0 Å². The van der Waals surface area contributed by atoms with E-state index >= 15 is 0 Å². The van der Waals surface area contributed by atoms with Crippen molar-refractivity contribution in [2.45, 2.75) is 101 Å². The Morgan fingerprint density at radius 1 is 0.714 bits per heavy atom. The normalized spacial score (nSPS) is 26.6. The summed E-state index contributed by atoms with van der Waals surface area (Å²) in [6.45, 7) is 21.6. The van der Waals surface area contributed by atoms with Gasteiger partial charge in [-0.25, -0.2) is 0 Å². The topological polar surface area (TPSA) is 40.5 Å². The zero-order valence-electron chi connectivity index (χ0n) is 27.9. The van der Waals surface area contributed by atoms with Crippen LogP contribution < -0.4 is 0 Å². The lowest BCUT2D eigenvalue weighted by Crippen LogP contribution is -2.32. The Kier molecular flexibility index (Phi) is 13.5. The fourth-order valence-electron chi connectivity index (χ4n) is 6.14. The minimum Gasteiger partial charge on any atom is -0.393 e. The molecule has 0 unspecified atom stereocenters. The van der Waals surface area contributed by atoms with Gasteiger partial charge >= 0.3 is 0 Å². The van der Waals surface area contributed by atoms with Crippen molar-refractivity contribution in [3.8, 4) is 0 Å². The van der Waals surface area contributed by atoms with E-state index in [-0.39, 0.29) is 23.0 Å². The van der Waals surface area contributed by atoms with Gasteiger partial charge in [-0.1, -0.05) is 152 Å². The van der Waals surface area contributed by atoms with Crippen LogP contribution in [0.4, 0.5) is 0 Å². The van der Waals surface area contributed by atoms with Crippen LogP contribution in [-0.2, 0) is 0 Å². The second-order valence-corrected chi connectivity index (χ2v) is 13.7. The summed E-state index contributed by atoms with van der Waals surface area (Å²) in [6, 6.07) is 0. The van der Waals surface area contributed by atoms with Crippen LogP contribution in [-0.4, -0.2) is 22.4 Å². The number of hydrogen-bond acceptors (Lipinski definition) is 2. The third-order valence-corrected chi connectivity index (χ3v) is 8.33. The Morgan fingerprint density at radius 3 is 1.74 bits per heavy atom. The quantitative estimate of drug-likeness (QED) is 0.203. The van der Waals surface area contributed by atoms with E-state index in [2.05, 4.69) is 154 Å². The highest BCUT2D eigenvalue weighted by molar-refractivity contribution is 5.38. The van der Waals surface area contributed by atoms with Gasteiger partial charge in [-0.15, -0.1) is 0 Å². The minimum absolute atomic E-state index is 0.00528. The second-order valence-electron chi connectivity index (χ2n) is 13.7. The van der Waals surface area contributed by atoms with Crippen molar-refractivity contribution in [1.82, 2.24) is 0 Å². The van der Waals surface area contributed by atoms with E-state index in [1.807, 2.05) is 6.08 Å². The predicted octanol–water partition coefficient (Wildman–Crippen LogP) is 10.4. The molecule has 0 fully saturated rings. The summed E-state index contributed by atoms with van der Waals surface area (Å²) in [6.07, 6.45) is 33.8. The lowest BCUT2D eigenvalue weighted by molar-refractivity contribution is 0.116. The summed E-state index contributed by atoms with van der Waals surface area (Å²) < 4.78 is 0. The van der Waals surface area contributed by atoms with Gasteiger partial charge in [0.25, 0.3) is 0 Å². The van der Waals surface area contributed by atoms with E-state index in [9.17, 15) is 10.2 Å². The molecule has 0 aromatic carbocycles. The Morgan fingerprint density at radius 2 is 1.21 bits per heavy atom. The molecule has 42 heavy (non-hydrogen) atoms. The lowest BCUT2D eigenvalue weighted by Gasteiger charge is -2.38. The van der Waals surface area contributed by atoms with Gasteiger partial charge in [0.2, 0.25) is 0 Å². The molecule has 228 valence electrons. The zero-order chi connectivity index (χ0) is 31.5. The van der Waals surface area contributed by atoms with E-state index < -0.39 is 0 Å². The van der Waals surface area contributed by atoms with Gasteiger partial charge in [-0.3, -0.25) is 0 Å². The monoisotopic (exact) mass is 568 g/mol. The Bertz CT molecular complexity index is 1270. The van der Waals surface area contributed by atoms with Gasteiger partial charge in [0.05, 0.1) is 12.2 Å². The van der Waals surface area contributed by atoms with Gasteiger partial charge in [0, 0.05) is 5.92 Å². The summed E-state index contributed by atoms with van der Waals surface area (Å²) >= 11 is 0. The smallest absolute Gasteiger partial charge is 0.0729 e.